The molecule has 1 amide bonds. The van der Waals surface area contributed by atoms with Crippen LogP contribution in [0.1, 0.15) is 13.3 Å². The molecule has 2 rings (SSSR count). The summed E-state index contributed by atoms with van der Waals surface area (Å²) in [5.74, 6) is 0.537. The lowest BCUT2D eigenvalue weighted by molar-refractivity contribution is -0.115. The predicted molar refractivity (Wildman–Crippen MR) is 64.2 cm³/mol. The van der Waals surface area contributed by atoms with Gasteiger partial charge in [0.05, 0.1) is 18.1 Å². The van der Waals surface area contributed by atoms with E-state index >= 15 is 0 Å². The fourth-order valence-electron chi connectivity index (χ4n) is 1.29. The SMILES string of the molecule is CCC(=O)Nc1cnc(-c2cccnc2)nc1. The number of amides is 1. The molecule has 2 aromatic heterocycles. The minimum Gasteiger partial charge on any atom is -0.323 e. The van der Waals surface area contributed by atoms with Crippen LogP contribution >= 0.6 is 0 Å². The first-order valence-corrected chi connectivity index (χ1v) is 5.32. The summed E-state index contributed by atoms with van der Waals surface area (Å²) in [6.07, 6.45) is 7.00. The molecule has 0 fully saturated rings. The van der Waals surface area contributed by atoms with Gasteiger partial charge < -0.3 is 5.32 Å². The van der Waals surface area contributed by atoms with Crippen molar-refractivity contribution >= 4 is 11.6 Å². The van der Waals surface area contributed by atoms with Crippen molar-refractivity contribution in [2.75, 3.05) is 5.32 Å². The van der Waals surface area contributed by atoms with Crippen LogP contribution in [0.4, 0.5) is 5.69 Å². The largest absolute Gasteiger partial charge is 0.323 e. The highest BCUT2D eigenvalue weighted by Crippen LogP contribution is 2.13. The summed E-state index contributed by atoms with van der Waals surface area (Å²) >= 11 is 0. The molecule has 0 saturated heterocycles. The minimum atomic E-state index is -0.0530. The summed E-state index contributed by atoms with van der Waals surface area (Å²) in [4.78, 5) is 23.5. The molecule has 86 valence electrons. The van der Waals surface area contributed by atoms with Gasteiger partial charge in [-0.3, -0.25) is 9.78 Å². The van der Waals surface area contributed by atoms with E-state index < -0.39 is 0 Å². The van der Waals surface area contributed by atoms with E-state index in [9.17, 15) is 4.79 Å². The number of hydrogen-bond donors (Lipinski definition) is 1. The van der Waals surface area contributed by atoms with Crippen LogP contribution in [0.5, 0.6) is 0 Å². The Morgan fingerprint density at radius 3 is 2.65 bits per heavy atom. The zero-order chi connectivity index (χ0) is 12.1. The summed E-state index contributed by atoms with van der Waals surface area (Å²) in [5, 5.41) is 2.69. The molecular formula is C12H12N4O. The predicted octanol–water partition coefficient (Wildman–Crippen LogP) is 1.89. The van der Waals surface area contributed by atoms with Gasteiger partial charge in [-0.1, -0.05) is 6.92 Å². The molecule has 0 aliphatic carbocycles. The maximum Gasteiger partial charge on any atom is 0.224 e. The summed E-state index contributed by atoms with van der Waals surface area (Å²) in [6.45, 7) is 1.79. The van der Waals surface area contributed by atoms with Crippen molar-refractivity contribution in [1.82, 2.24) is 15.0 Å². The third-order valence-electron chi connectivity index (χ3n) is 2.18. The highest BCUT2D eigenvalue weighted by Gasteiger charge is 2.02. The van der Waals surface area contributed by atoms with Gasteiger partial charge in [0.25, 0.3) is 0 Å². The summed E-state index contributed by atoms with van der Waals surface area (Å²) in [7, 11) is 0. The van der Waals surface area contributed by atoms with Gasteiger partial charge in [0, 0.05) is 24.4 Å². The maximum atomic E-state index is 11.2. The number of nitrogens with zero attached hydrogens (tertiary/aromatic N) is 3. The average molecular weight is 228 g/mol. The van der Waals surface area contributed by atoms with Gasteiger partial charge in [-0.05, 0) is 12.1 Å². The summed E-state index contributed by atoms with van der Waals surface area (Å²) in [6, 6.07) is 3.71. The summed E-state index contributed by atoms with van der Waals surface area (Å²) < 4.78 is 0. The minimum absolute atomic E-state index is 0.0530. The van der Waals surface area contributed by atoms with E-state index in [-0.39, 0.29) is 5.91 Å². The van der Waals surface area contributed by atoms with E-state index in [1.165, 1.54) is 0 Å². The van der Waals surface area contributed by atoms with Crippen LogP contribution in [0.25, 0.3) is 11.4 Å². The van der Waals surface area contributed by atoms with Gasteiger partial charge in [0.15, 0.2) is 5.82 Å². The fourth-order valence-corrected chi connectivity index (χ4v) is 1.29. The van der Waals surface area contributed by atoms with Crippen molar-refractivity contribution in [2.24, 2.45) is 0 Å². The molecular weight excluding hydrogens is 216 g/mol. The lowest BCUT2D eigenvalue weighted by Gasteiger charge is -2.03. The Hall–Kier alpha value is -2.30. The van der Waals surface area contributed by atoms with E-state index in [0.29, 0.717) is 17.9 Å². The van der Waals surface area contributed by atoms with E-state index in [1.807, 2.05) is 12.1 Å². The van der Waals surface area contributed by atoms with Crippen molar-refractivity contribution in [2.45, 2.75) is 13.3 Å². The van der Waals surface area contributed by atoms with Gasteiger partial charge in [-0.25, -0.2) is 9.97 Å². The molecule has 2 aromatic rings. The van der Waals surface area contributed by atoms with Gasteiger partial charge in [0.1, 0.15) is 0 Å². The average Bonchev–Trinajstić information content (AvgIpc) is 2.40. The number of pyridine rings is 1. The van der Waals surface area contributed by atoms with Crippen molar-refractivity contribution in [3.8, 4) is 11.4 Å². The topological polar surface area (TPSA) is 67.8 Å². The van der Waals surface area contributed by atoms with Crippen LogP contribution in [0.15, 0.2) is 36.9 Å². The first-order chi connectivity index (χ1) is 8.29. The third kappa shape index (κ3) is 2.84. The second-order valence-corrected chi connectivity index (χ2v) is 3.44. The number of anilines is 1. The molecule has 1 N–H and O–H groups in total. The molecule has 0 saturated carbocycles. The Bertz CT molecular complexity index is 496. The molecule has 0 radical (unpaired) electrons. The lowest BCUT2D eigenvalue weighted by Crippen LogP contribution is -2.10. The Morgan fingerprint density at radius 1 is 1.29 bits per heavy atom. The zero-order valence-electron chi connectivity index (χ0n) is 9.42. The number of rotatable bonds is 3. The van der Waals surface area contributed by atoms with Gasteiger partial charge in [0.2, 0.25) is 5.91 Å². The maximum absolute atomic E-state index is 11.2. The van der Waals surface area contributed by atoms with E-state index in [0.717, 1.165) is 5.56 Å². The van der Waals surface area contributed by atoms with Crippen molar-refractivity contribution < 1.29 is 4.79 Å². The Kier molecular flexibility index (Phi) is 3.40. The molecule has 0 aliphatic heterocycles. The number of carbonyl (C=O) groups is 1. The number of aromatic nitrogens is 3. The van der Waals surface area contributed by atoms with Gasteiger partial charge in [-0.2, -0.15) is 0 Å². The molecule has 0 aromatic carbocycles. The lowest BCUT2D eigenvalue weighted by atomic mass is 10.3. The van der Waals surface area contributed by atoms with Crippen LogP contribution < -0.4 is 5.32 Å². The number of nitrogens with one attached hydrogen (secondary N) is 1. The normalized spacial score (nSPS) is 9.94. The first-order valence-electron chi connectivity index (χ1n) is 5.32. The third-order valence-corrected chi connectivity index (χ3v) is 2.18. The van der Waals surface area contributed by atoms with E-state index in [1.54, 1.807) is 31.7 Å². The Morgan fingerprint density at radius 2 is 2.06 bits per heavy atom. The van der Waals surface area contributed by atoms with Crippen molar-refractivity contribution in [3.05, 3.63) is 36.9 Å². The van der Waals surface area contributed by atoms with Crippen molar-refractivity contribution in [1.29, 1.82) is 0 Å². The molecule has 0 atom stereocenters. The number of hydrogen-bond acceptors (Lipinski definition) is 4. The van der Waals surface area contributed by atoms with Crippen LogP contribution in [-0.4, -0.2) is 20.9 Å². The fraction of sp³-hybridized carbons (Fsp3) is 0.167. The molecule has 0 bridgehead atoms. The Balaban J connectivity index is 2.16. The molecule has 17 heavy (non-hydrogen) atoms. The summed E-state index contributed by atoms with van der Waals surface area (Å²) in [5.41, 5.74) is 1.45. The molecule has 0 unspecified atom stereocenters. The Labute approximate surface area is 99.0 Å². The smallest absolute Gasteiger partial charge is 0.224 e. The highest BCUT2D eigenvalue weighted by atomic mass is 16.1. The standard InChI is InChI=1S/C12H12N4O/c1-2-11(17)16-10-7-14-12(15-8-10)9-4-3-5-13-6-9/h3-8H,2H2,1H3,(H,16,17). The quantitative estimate of drug-likeness (QED) is 0.871. The number of carbonyl (C=O) groups excluding carboxylic acids is 1. The molecule has 0 spiro atoms. The monoisotopic (exact) mass is 228 g/mol. The van der Waals surface area contributed by atoms with Crippen molar-refractivity contribution in [3.63, 3.8) is 0 Å². The van der Waals surface area contributed by atoms with Crippen LogP contribution in [0.3, 0.4) is 0 Å². The van der Waals surface area contributed by atoms with Crippen LogP contribution in [0.2, 0.25) is 0 Å². The van der Waals surface area contributed by atoms with Gasteiger partial charge >= 0.3 is 0 Å². The van der Waals surface area contributed by atoms with Crippen LogP contribution in [0, 0.1) is 0 Å². The highest BCUT2D eigenvalue weighted by molar-refractivity contribution is 5.90. The second kappa shape index (κ2) is 5.16. The van der Waals surface area contributed by atoms with E-state index in [2.05, 4.69) is 20.3 Å². The van der Waals surface area contributed by atoms with E-state index in [4.69, 9.17) is 0 Å². The second-order valence-electron chi connectivity index (χ2n) is 3.44. The molecule has 5 nitrogen and oxygen atoms in total. The first kappa shape index (κ1) is 11.2. The van der Waals surface area contributed by atoms with Crippen LogP contribution in [-0.2, 0) is 4.79 Å². The molecule has 5 heteroatoms. The van der Waals surface area contributed by atoms with Gasteiger partial charge in [-0.15, -0.1) is 0 Å². The molecule has 0 aliphatic rings. The molecule has 2 heterocycles. The zero-order valence-corrected chi connectivity index (χ0v) is 9.42.